The number of fused-ring (bicyclic) bond motifs is 9. The lowest BCUT2D eigenvalue weighted by Gasteiger charge is -2.16. The largest absolute Gasteiger partial charge is 0.309 e. The molecule has 4 aromatic heterocycles. The predicted octanol–water partition coefficient (Wildman–Crippen LogP) is 10.8. The first-order valence-electron chi connectivity index (χ1n) is 17.7. The summed E-state index contributed by atoms with van der Waals surface area (Å²) in [6, 6.07) is 60.0. The first kappa shape index (κ1) is 29.4. The van der Waals surface area contributed by atoms with E-state index in [2.05, 4.69) is 100 Å². The third-order valence-electron chi connectivity index (χ3n) is 10.4. The van der Waals surface area contributed by atoms with Gasteiger partial charge >= 0.3 is 0 Å². The number of aromatic nitrogens is 5. The molecule has 0 spiro atoms. The van der Waals surface area contributed by atoms with Crippen LogP contribution in [0.1, 0.15) is 0 Å². The molecule has 6 heteroatoms. The van der Waals surface area contributed by atoms with Crippen molar-refractivity contribution in [1.29, 1.82) is 0 Å². The molecule has 11 aromatic rings. The second-order valence-electron chi connectivity index (χ2n) is 13.4. The molecule has 0 aliphatic carbocycles. The van der Waals surface area contributed by atoms with Crippen molar-refractivity contribution in [2.45, 2.75) is 0 Å². The van der Waals surface area contributed by atoms with Gasteiger partial charge in [0.25, 0.3) is 5.56 Å². The van der Waals surface area contributed by atoms with E-state index in [0.717, 1.165) is 82.7 Å². The highest BCUT2D eigenvalue weighted by molar-refractivity contribution is 6.22. The first-order valence-corrected chi connectivity index (χ1v) is 17.7. The monoisotopic (exact) mass is 679 g/mol. The van der Waals surface area contributed by atoms with Crippen molar-refractivity contribution >= 4 is 65.4 Å². The molecule has 0 unspecified atom stereocenters. The summed E-state index contributed by atoms with van der Waals surface area (Å²) in [4.78, 5) is 25.9. The highest BCUT2D eigenvalue weighted by atomic mass is 16.1. The van der Waals surface area contributed by atoms with E-state index in [1.54, 1.807) is 4.57 Å². The summed E-state index contributed by atoms with van der Waals surface area (Å²) in [7, 11) is 0. The van der Waals surface area contributed by atoms with Crippen LogP contribution in [-0.2, 0) is 0 Å². The minimum Gasteiger partial charge on any atom is -0.309 e. The molecule has 0 aliphatic rings. The molecule has 53 heavy (non-hydrogen) atoms. The molecular weight excluding hydrogens is 651 g/mol. The van der Waals surface area contributed by atoms with E-state index in [1.165, 1.54) is 0 Å². The minimum atomic E-state index is -0.172. The van der Waals surface area contributed by atoms with Gasteiger partial charge in [0, 0.05) is 43.9 Å². The maximum atomic E-state index is 15.5. The second-order valence-corrected chi connectivity index (χ2v) is 13.4. The van der Waals surface area contributed by atoms with E-state index >= 15 is 4.79 Å². The first-order chi connectivity index (χ1) is 26.2. The Labute approximate surface area is 303 Å². The minimum absolute atomic E-state index is 0.172. The van der Waals surface area contributed by atoms with Crippen LogP contribution in [0.25, 0.3) is 94.0 Å². The van der Waals surface area contributed by atoms with Gasteiger partial charge < -0.3 is 9.13 Å². The maximum absolute atomic E-state index is 15.5. The van der Waals surface area contributed by atoms with Gasteiger partial charge in [0.1, 0.15) is 0 Å². The summed E-state index contributed by atoms with van der Waals surface area (Å²) >= 11 is 0. The normalized spacial score (nSPS) is 11.8. The number of benzene rings is 7. The van der Waals surface area contributed by atoms with Crippen LogP contribution in [0.4, 0.5) is 0 Å². The molecule has 0 atom stereocenters. The van der Waals surface area contributed by atoms with Crippen molar-refractivity contribution in [3.8, 4) is 28.6 Å². The van der Waals surface area contributed by atoms with Gasteiger partial charge in [-0.3, -0.25) is 4.79 Å². The van der Waals surface area contributed by atoms with Crippen molar-refractivity contribution in [2.75, 3.05) is 0 Å². The number of nitrogens with zero attached hydrogens (tertiary/aromatic N) is 5. The summed E-state index contributed by atoms with van der Waals surface area (Å²) in [5, 5.41) is 5.59. The SMILES string of the molecule is O=c1c2c3ccccc3n(-c3ccccc3)c2c2cc3c4ccccc4n(-c4ccccc4)c3cc2n1-c1nc(-c2ccccc2)c2ccccc2n1. The standard InChI is InChI=1S/C47H29N5O/c53-46-43-35-24-12-15-27-40(35)51(32-20-8-3-9-21-32)45(43)37-28-36-33-22-11-14-26-39(33)50(31-18-6-2-7-19-31)41(36)29-42(37)52(46)47-48-38-25-13-10-23-34(38)44(49-47)30-16-4-1-5-17-30/h1-29H. The smallest absolute Gasteiger partial charge is 0.268 e. The van der Waals surface area contributed by atoms with Crippen LogP contribution in [0.5, 0.6) is 0 Å². The molecule has 248 valence electrons. The lowest BCUT2D eigenvalue weighted by molar-refractivity contribution is 0.947. The molecule has 0 N–H and O–H groups in total. The topological polar surface area (TPSA) is 57.6 Å². The fraction of sp³-hybridized carbons (Fsp3) is 0. The summed E-state index contributed by atoms with van der Waals surface area (Å²) < 4.78 is 6.26. The molecule has 7 aromatic carbocycles. The Morgan fingerprint density at radius 2 is 0.943 bits per heavy atom. The highest BCUT2D eigenvalue weighted by Crippen LogP contribution is 2.40. The van der Waals surface area contributed by atoms with Gasteiger partial charge in [0.15, 0.2) is 0 Å². The summed E-state index contributed by atoms with van der Waals surface area (Å²) in [6.45, 7) is 0. The molecule has 0 aliphatic heterocycles. The van der Waals surface area contributed by atoms with Gasteiger partial charge in [0.05, 0.1) is 44.2 Å². The molecule has 11 rings (SSSR count). The highest BCUT2D eigenvalue weighted by Gasteiger charge is 2.25. The van der Waals surface area contributed by atoms with Crippen LogP contribution in [0.2, 0.25) is 0 Å². The molecular formula is C47H29N5O. The van der Waals surface area contributed by atoms with Crippen LogP contribution in [0.3, 0.4) is 0 Å². The molecule has 4 heterocycles. The van der Waals surface area contributed by atoms with Gasteiger partial charge in [0.2, 0.25) is 5.95 Å². The van der Waals surface area contributed by atoms with E-state index in [-0.39, 0.29) is 5.56 Å². The third kappa shape index (κ3) is 4.30. The number of hydrogen-bond acceptors (Lipinski definition) is 3. The van der Waals surface area contributed by atoms with Crippen molar-refractivity contribution < 1.29 is 0 Å². The van der Waals surface area contributed by atoms with Gasteiger partial charge in [-0.1, -0.05) is 121 Å². The average molecular weight is 680 g/mol. The molecule has 0 radical (unpaired) electrons. The Balaban J connectivity index is 1.39. The van der Waals surface area contributed by atoms with Gasteiger partial charge in [-0.15, -0.1) is 0 Å². The van der Waals surface area contributed by atoms with Crippen LogP contribution < -0.4 is 5.56 Å². The summed E-state index contributed by atoms with van der Waals surface area (Å²) in [6.07, 6.45) is 0. The van der Waals surface area contributed by atoms with Gasteiger partial charge in [-0.25, -0.2) is 14.5 Å². The second kappa shape index (κ2) is 11.4. The van der Waals surface area contributed by atoms with Crippen molar-refractivity contribution in [2.24, 2.45) is 0 Å². The van der Waals surface area contributed by atoms with Crippen molar-refractivity contribution in [1.82, 2.24) is 23.7 Å². The van der Waals surface area contributed by atoms with Crippen molar-refractivity contribution in [3.05, 3.63) is 186 Å². The molecule has 0 saturated carbocycles. The zero-order chi connectivity index (χ0) is 35.0. The third-order valence-corrected chi connectivity index (χ3v) is 10.4. The predicted molar refractivity (Wildman–Crippen MR) is 217 cm³/mol. The van der Waals surface area contributed by atoms with E-state index in [1.807, 2.05) is 84.9 Å². The van der Waals surface area contributed by atoms with Crippen LogP contribution in [0.15, 0.2) is 181 Å². The zero-order valence-electron chi connectivity index (χ0n) is 28.4. The molecule has 6 nitrogen and oxygen atoms in total. The van der Waals surface area contributed by atoms with Gasteiger partial charge in [-0.2, -0.15) is 0 Å². The lowest BCUT2D eigenvalue weighted by Crippen LogP contribution is -2.22. The van der Waals surface area contributed by atoms with E-state index in [9.17, 15) is 0 Å². The van der Waals surface area contributed by atoms with Crippen molar-refractivity contribution in [3.63, 3.8) is 0 Å². The average Bonchev–Trinajstić information content (AvgIpc) is 3.74. The Morgan fingerprint density at radius 1 is 0.396 bits per heavy atom. The Bertz CT molecular complexity index is 3290. The summed E-state index contributed by atoms with van der Waals surface area (Å²) in [5.41, 5.74) is 8.97. The Kier molecular flexibility index (Phi) is 6.30. The van der Waals surface area contributed by atoms with E-state index in [0.29, 0.717) is 11.3 Å². The Morgan fingerprint density at radius 3 is 1.66 bits per heavy atom. The fourth-order valence-electron chi connectivity index (χ4n) is 8.19. The van der Waals surface area contributed by atoms with E-state index in [4.69, 9.17) is 9.97 Å². The number of pyridine rings is 1. The maximum Gasteiger partial charge on any atom is 0.268 e. The number of rotatable bonds is 4. The quantitative estimate of drug-likeness (QED) is 0.186. The summed E-state index contributed by atoms with van der Waals surface area (Å²) in [5.74, 6) is 0.331. The number of hydrogen-bond donors (Lipinski definition) is 0. The fourth-order valence-corrected chi connectivity index (χ4v) is 8.19. The molecule has 0 fully saturated rings. The van der Waals surface area contributed by atoms with Crippen LogP contribution in [0, 0.1) is 0 Å². The molecule has 0 amide bonds. The lowest BCUT2D eigenvalue weighted by atomic mass is 10.1. The zero-order valence-corrected chi connectivity index (χ0v) is 28.4. The molecule has 0 saturated heterocycles. The van der Waals surface area contributed by atoms with Gasteiger partial charge in [-0.05, 0) is 54.6 Å². The van der Waals surface area contributed by atoms with Crippen LogP contribution in [-0.4, -0.2) is 23.7 Å². The molecule has 0 bridgehead atoms. The van der Waals surface area contributed by atoms with E-state index < -0.39 is 0 Å². The van der Waals surface area contributed by atoms with Crippen LogP contribution >= 0.6 is 0 Å². The number of para-hydroxylation sites is 5. The Hall–Kier alpha value is -7.31.